The van der Waals surface area contributed by atoms with Gasteiger partial charge in [-0.1, -0.05) is 91.0 Å². The van der Waals surface area contributed by atoms with Crippen molar-refractivity contribution in [2.75, 3.05) is 0 Å². The summed E-state index contributed by atoms with van der Waals surface area (Å²) in [5, 5.41) is 28.1. The van der Waals surface area contributed by atoms with Crippen molar-refractivity contribution in [1.29, 1.82) is 10.7 Å². The first kappa shape index (κ1) is 30.6. The van der Waals surface area contributed by atoms with Gasteiger partial charge >= 0.3 is 0 Å². The first-order valence-electron chi connectivity index (χ1n) is 18.7. The Labute approximate surface area is 319 Å². The van der Waals surface area contributed by atoms with Gasteiger partial charge in [-0.3, -0.25) is 0 Å². The average Bonchev–Trinajstić information content (AvgIpc) is 3.99. The number of nitrogens with zero attached hydrogens (tertiary/aromatic N) is 4. The molecule has 12 aromatic rings. The summed E-state index contributed by atoms with van der Waals surface area (Å²) in [6, 6.07) is 59.6. The van der Waals surface area contributed by atoms with Crippen molar-refractivity contribution in [3.05, 3.63) is 175 Å². The highest BCUT2D eigenvalue weighted by Crippen LogP contribution is 2.44. The molecule has 0 atom stereocenters. The third kappa shape index (κ3) is 3.95. The highest BCUT2D eigenvalue weighted by atomic mass is 16.3. The molecule has 0 saturated heterocycles. The topological polar surface area (TPSA) is 75.6 Å². The van der Waals surface area contributed by atoms with Gasteiger partial charge in [-0.25, -0.2) is 0 Å². The smallest absolute Gasteiger partial charge is 0.145 e. The van der Waals surface area contributed by atoms with Gasteiger partial charge in [0.15, 0.2) is 0 Å². The van der Waals surface area contributed by atoms with Crippen LogP contribution in [0.1, 0.15) is 11.1 Å². The number of rotatable bonds is 4. The fourth-order valence-corrected chi connectivity index (χ4v) is 9.28. The second-order valence-corrected chi connectivity index (χ2v) is 14.4. The number of nitriles is 1. The minimum absolute atomic E-state index is 0.436. The first-order chi connectivity index (χ1) is 27.7. The van der Waals surface area contributed by atoms with Crippen LogP contribution in [0.15, 0.2) is 168 Å². The van der Waals surface area contributed by atoms with Gasteiger partial charge in [-0.15, -0.1) is 0 Å². The molecule has 8 aromatic carbocycles. The van der Waals surface area contributed by atoms with E-state index in [0.717, 1.165) is 93.6 Å². The SMILES string of the molecule is N#Cc1c(C=N)ccc(-n2c3ccc(-n4c5ccccc5c5ccccc54)cc3c3c4oc5ccccc5c4ccc32)c1-n1c2ccccc2c2ccccc21. The molecular weight excluding hydrogens is 687 g/mol. The van der Waals surface area contributed by atoms with Crippen LogP contribution in [0.5, 0.6) is 0 Å². The van der Waals surface area contributed by atoms with E-state index in [4.69, 9.17) is 9.83 Å². The Bertz CT molecular complexity index is 3590. The number of furan rings is 1. The maximum atomic E-state index is 11.0. The maximum Gasteiger partial charge on any atom is 0.145 e. The molecule has 1 N–H and O–H groups in total. The molecule has 6 heteroatoms. The van der Waals surface area contributed by atoms with Crippen LogP contribution < -0.4 is 0 Å². The van der Waals surface area contributed by atoms with Gasteiger partial charge in [0.2, 0.25) is 0 Å². The largest absolute Gasteiger partial charge is 0.455 e. The van der Waals surface area contributed by atoms with Crippen LogP contribution in [0.2, 0.25) is 0 Å². The zero-order valence-corrected chi connectivity index (χ0v) is 29.9. The molecule has 0 radical (unpaired) electrons. The van der Waals surface area contributed by atoms with Crippen LogP contribution in [0.25, 0.3) is 104 Å². The van der Waals surface area contributed by atoms with Crippen molar-refractivity contribution in [3.8, 4) is 23.1 Å². The van der Waals surface area contributed by atoms with Crippen molar-refractivity contribution >= 4 is 93.6 Å². The molecule has 0 aliphatic heterocycles. The van der Waals surface area contributed by atoms with Crippen LogP contribution in [0.4, 0.5) is 0 Å². The summed E-state index contributed by atoms with van der Waals surface area (Å²) in [6.07, 6.45) is 1.28. The third-order valence-electron chi connectivity index (χ3n) is 11.6. The van der Waals surface area contributed by atoms with E-state index in [0.29, 0.717) is 11.1 Å². The predicted octanol–water partition coefficient (Wildman–Crippen LogP) is 12.7. The van der Waals surface area contributed by atoms with Crippen LogP contribution in [-0.4, -0.2) is 19.9 Å². The highest BCUT2D eigenvalue weighted by molar-refractivity contribution is 6.24. The Balaban J connectivity index is 1.26. The predicted molar refractivity (Wildman–Crippen MR) is 229 cm³/mol. The molecule has 0 amide bonds. The van der Waals surface area contributed by atoms with E-state index >= 15 is 0 Å². The molecular formula is C50H29N5O. The Morgan fingerprint density at radius 3 is 1.62 bits per heavy atom. The minimum Gasteiger partial charge on any atom is -0.455 e. The minimum atomic E-state index is 0.436. The van der Waals surface area contributed by atoms with Crippen molar-refractivity contribution in [1.82, 2.24) is 13.7 Å². The highest BCUT2D eigenvalue weighted by Gasteiger charge is 2.26. The summed E-state index contributed by atoms with van der Waals surface area (Å²) in [4.78, 5) is 0. The number of hydrogen-bond donors (Lipinski definition) is 1. The van der Waals surface area contributed by atoms with Gasteiger partial charge in [0, 0.05) is 55.2 Å². The molecule has 0 saturated carbocycles. The lowest BCUT2D eigenvalue weighted by molar-refractivity contribution is 0.673. The van der Waals surface area contributed by atoms with E-state index in [-0.39, 0.29) is 0 Å². The van der Waals surface area contributed by atoms with Gasteiger partial charge in [0.1, 0.15) is 17.2 Å². The molecule has 0 spiro atoms. The monoisotopic (exact) mass is 715 g/mol. The lowest BCUT2D eigenvalue weighted by Gasteiger charge is -2.19. The Kier molecular flexibility index (Phi) is 6.18. The molecule has 0 fully saturated rings. The first-order valence-corrected chi connectivity index (χ1v) is 18.7. The lowest BCUT2D eigenvalue weighted by atomic mass is 10.0. The maximum absolute atomic E-state index is 11.0. The molecule has 4 aromatic heterocycles. The quantitative estimate of drug-likeness (QED) is 0.184. The number of aromatic nitrogens is 3. The van der Waals surface area contributed by atoms with E-state index in [2.05, 4.69) is 153 Å². The van der Waals surface area contributed by atoms with Crippen LogP contribution in [-0.2, 0) is 0 Å². The number of hydrogen-bond acceptors (Lipinski definition) is 3. The van der Waals surface area contributed by atoms with E-state index in [1.54, 1.807) is 0 Å². The van der Waals surface area contributed by atoms with Gasteiger partial charge in [0.25, 0.3) is 0 Å². The Morgan fingerprint density at radius 2 is 1.02 bits per heavy atom. The van der Waals surface area contributed by atoms with Gasteiger partial charge in [-0.05, 0) is 72.8 Å². The van der Waals surface area contributed by atoms with Gasteiger partial charge < -0.3 is 23.5 Å². The number of nitrogens with one attached hydrogen (secondary N) is 1. The van der Waals surface area contributed by atoms with Crippen molar-refractivity contribution < 1.29 is 4.42 Å². The molecule has 4 heterocycles. The van der Waals surface area contributed by atoms with E-state index in [1.165, 1.54) is 17.0 Å². The third-order valence-corrected chi connectivity index (χ3v) is 11.6. The Morgan fingerprint density at radius 1 is 0.482 bits per heavy atom. The summed E-state index contributed by atoms with van der Waals surface area (Å²) < 4.78 is 13.6. The lowest BCUT2D eigenvalue weighted by Crippen LogP contribution is -2.08. The molecule has 260 valence electrons. The average molecular weight is 716 g/mol. The van der Waals surface area contributed by atoms with Crippen LogP contribution in [0, 0.1) is 16.7 Å². The van der Waals surface area contributed by atoms with Gasteiger partial charge in [-0.2, -0.15) is 5.26 Å². The number of benzene rings is 8. The molecule has 0 aliphatic carbocycles. The molecule has 6 nitrogen and oxygen atoms in total. The van der Waals surface area contributed by atoms with Crippen LogP contribution in [0.3, 0.4) is 0 Å². The van der Waals surface area contributed by atoms with Gasteiger partial charge in [0.05, 0.1) is 55.4 Å². The van der Waals surface area contributed by atoms with Crippen molar-refractivity contribution in [3.63, 3.8) is 0 Å². The molecule has 0 aliphatic rings. The van der Waals surface area contributed by atoms with Crippen molar-refractivity contribution in [2.24, 2.45) is 0 Å². The van der Waals surface area contributed by atoms with Crippen LogP contribution >= 0.6 is 0 Å². The molecule has 0 bridgehead atoms. The van der Waals surface area contributed by atoms with E-state index in [1.807, 2.05) is 30.3 Å². The summed E-state index contributed by atoms with van der Waals surface area (Å²) in [6.45, 7) is 0. The van der Waals surface area contributed by atoms with E-state index in [9.17, 15) is 5.26 Å². The molecule has 12 rings (SSSR count). The summed E-state index contributed by atoms with van der Waals surface area (Å²) in [5.74, 6) is 0. The molecule has 0 unspecified atom stereocenters. The normalized spacial score (nSPS) is 12.0. The summed E-state index contributed by atoms with van der Waals surface area (Å²) in [5.41, 5.74) is 11.4. The number of fused-ring (bicyclic) bond motifs is 13. The standard InChI is InChI=1S/C50H29N5O/c51-28-30-21-24-46(49(39(30)29-52)55-42-18-8-3-13-34(42)35-14-4-9-19-43(35)55)54-44-25-22-31(53-40-16-6-1-11-32(40)33-12-2-7-17-41(33)53)27-38(44)48-45(54)26-23-37-36-15-5-10-20-47(36)56-50(37)48/h1-28,51H. The second kappa shape index (κ2) is 11.3. The fraction of sp³-hybridized carbons (Fsp3) is 0. The second-order valence-electron chi connectivity index (χ2n) is 14.4. The Hall–Kier alpha value is -7.88. The van der Waals surface area contributed by atoms with E-state index < -0.39 is 0 Å². The zero-order chi connectivity index (χ0) is 37.1. The zero-order valence-electron chi connectivity index (χ0n) is 29.9. The van der Waals surface area contributed by atoms with Crippen molar-refractivity contribution in [2.45, 2.75) is 0 Å². The summed E-state index contributed by atoms with van der Waals surface area (Å²) >= 11 is 0. The number of para-hydroxylation sites is 5. The summed E-state index contributed by atoms with van der Waals surface area (Å²) in [7, 11) is 0. The fourth-order valence-electron chi connectivity index (χ4n) is 9.28. The molecule has 56 heavy (non-hydrogen) atoms.